The topological polar surface area (TPSA) is 45.1 Å². The van der Waals surface area contributed by atoms with Crippen LogP contribution in [-0.4, -0.2) is 52.9 Å². The zero-order chi connectivity index (χ0) is 34.2. The highest BCUT2D eigenvalue weighted by Crippen LogP contribution is 2.26. The third kappa shape index (κ3) is 13.1. The van der Waals surface area contributed by atoms with Crippen LogP contribution in [0, 0.1) is 17.5 Å². The van der Waals surface area contributed by atoms with Crippen LogP contribution in [0.3, 0.4) is 0 Å². The average Bonchev–Trinajstić information content (AvgIpc) is 2.99. The molecule has 1 fully saturated rings. The maximum atomic E-state index is 12.7. The summed E-state index contributed by atoms with van der Waals surface area (Å²) < 4.78 is 42.6. The van der Waals surface area contributed by atoms with Crippen LogP contribution in [0.4, 0.5) is 18.0 Å². The highest BCUT2D eigenvalue weighted by atomic mass is 19.2. The number of piperazine rings is 1. The summed E-state index contributed by atoms with van der Waals surface area (Å²) in [6.45, 7) is 25.8. The van der Waals surface area contributed by atoms with Crippen molar-refractivity contribution in [2.24, 2.45) is 4.99 Å². The smallest absolute Gasteiger partial charge is 0.410 e. The molecular weight excluding hydrogens is 575 g/mol. The molecular formula is C37H54F3N3O2. The number of nitrogens with zero attached hydrogens (tertiary/aromatic N) is 3. The number of benzene rings is 1. The number of hydrogen-bond donors (Lipinski definition) is 0. The minimum atomic E-state index is -1.45. The second-order valence-electron chi connectivity index (χ2n) is 12.0. The Balaban J connectivity index is 0.000000768. The van der Waals surface area contributed by atoms with Crippen LogP contribution in [0.25, 0.3) is 6.08 Å². The number of allylic oxidation sites excluding steroid dienone is 6. The molecule has 250 valence electrons. The summed E-state index contributed by atoms with van der Waals surface area (Å²) in [4.78, 5) is 21.5. The van der Waals surface area contributed by atoms with Crippen LogP contribution in [0.15, 0.2) is 71.6 Å². The Morgan fingerprint density at radius 3 is 2.22 bits per heavy atom. The van der Waals surface area contributed by atoms with E-state index in [9.17, 15) is 18.0 Å². The summed E-state index contributed by atoms with van der Waals surface area (Å²) in [5, 5.41) is 0. The number of amides is 1. The van der Waals surface area contributed by atoms with Crippen LogP contribution in [0.5, 0.6) is 0 Å². The molecule has 0 bridgehead atoms. The van der Waals surface area contributed by atoms with E-state index in [0.29, 0.717) is 6.54 Å². The molecule has 1 aliphatic heterocycles. The molecule has 1 aromatic rings. The number of hydrogen-bond acceptors (Lipinski definition) is 4. The van der Waals surface area contributed by atoms with Gasteiger partial charge in [0.25, 0.3) is 0 Å². The molecule has 1 aliphatic rings. The molecule has 8 heteroatoms. The largest absolute Gasteiger partial charge is 0.444 e. The fourth-order valence-corrected chi connectivity index (χ4v) is 4.96. The second kappa shape index (κ2) is 19.8. The van der Waals surface area contributed by atoms with E-state index >= 15 is 0 Å². The quantitative estimate of drug-likeness (QED) is 0.100. The molecule has 0 N–H and O–H groups in total. The van der Waals surface area contributed by atoms with Crippen molar-refractivity contribution in [3.8, 4) is 0 Å². The van der Waals surface area contributed by atoms with Crippen molar-refractivity contribution in [1.82, 2.24) is 9.80 Å². The Kier molecular flexibility index (Phi) is 17.3. The highest BCUT2D eigenvalue weighted by molar-refractivity contribution is 6.05. The van der Waals surface area contributed by atoms with Gasteiger partial charge in [-0.3, -0.25) is 4.99 Å². The SMILES string of the molecule is C=CN=C(CC)C(/C(=C\C)/C=C/CCCCCC)=C(\C)N1CCN(C(=O)OC(C)(C)C)[C@H](C)C1.C=Cc1cc(F)c(F)c(F)c1. The first kappa shape index (κ1) is 39.5. The molecule has 0 saturated carbocycles. The van der Waals surface area contributed by atoms with Gasteiger partial charge in [0, 0.05) is 48.9 Å². The molecule has 1 saturated heterocycles. The minimum absolute atomic E-state index is 0.0596. The van der Waals surface area contributed by atoms with Crippen molar-refractivity contribution in [3.05, 3.63) is 89.6 Å². The van der Waals surface area contributed by atoms with Crippen molar-refractivity contribution in [2.75, 3.05) is 19.6 Å². The molecule has 0 spiro atoms. The van der Waals surface area contributed by atoms with Gasteiger partial charge in [-0.1, -0.05) is 70.6 Å². The molecule has 1 heterocycles. The lowest BCUT2D eigenvalue weighted by atomic mass is 9.95. The lowest BCUT2D eigenvalue weighted by molar-refractivity contribution is 0.00494. The molecule has 5 nitrogen and oxygen atoms in total. The first-order valence-corrected chi connectivity index (χ1v) is 16.0. The molecule has 2 rings (SSSR count). The van der Waals surface area contributed by atoms with E-state index in [2.05, 4.69) is 75.9 Å². The normalized spacial score (nSPS) is 16.6. The predicted octanol–water partition coefficient (Wildman–Crippen LogP) is 10.4. The Bertz CT molecular complexity index is 1230. The maximum absolute atomic E-state index is 12.7. The van der Waals surface area contributed by atoms with Gasteiger partial charge in [-0.05, 0) is 84.1 Å². The molecule has 1 aromatic carbocycles. The molecule has 0 unspecified atom stereocenters. The van der Waals surface area contributed by atoms with Crippen molar-refractivity contribution in [1.29, 1.82) is 0 Å². The lowest BCUT2D eigenvalue weighted by Crippen LogP contribution is -2.54. The maximum Gasteiger partial charge on any atom is 0.410 e. The second-order valence-corrected chi connectivity index (χ2v) is 12.0. The monoisotopic (exact) mass is 629 g/mol. The van der Waals surface area contributed by atoms with Crippen LogP contribution >= 0.6 is 0 Å². The van der Waals surface area contributed by atoms with Crippen molar-refractivity contribution in [3.63, 3.8) is 0 Å². The summed E-state index contributed by atoms with van der Waals surface area (Å²) in [5.74, 6) is -3.84. The highest BCUT2D eigenvalue weighted by Gasteiger charge is 2.32. The third-order valence-electron chi connectivity index (χ3n) is 7.33. The van der Waals surface area contributed by atoms with Gasteiger partial charge in [0.15, 0.2) is 17.5 Å². The van der Waals surface area contributed by atoms with Gasteiger partial charge in [0.1, 0.15) is 5.60 Å². The summed E-state index contributed by atoms with van der Waals surface area (Å²) in [6.07, 6.45) is 16.4. The van der Waals surface area contributed by atoms with E-state index in [4.69, 9.17) is 4.74 Å². The van der Waals surface area contributed by atoms with Crippen LogP contribution in [0.2, 0.25) is 0 Å². The van der Waals surface area contributed by atoms with Crippen LogP contribution < -0.4 is 0 Å². The molecule has 0 radical (unpaired) electrons. The number of carbonyl (C=O) groups excluding carboxylic acids is 1. The number of aliphatic imine (C=N–C) groups is 1. The zero-order valence-corrected chi connectivity index (χ0v) is 28.7. The first-order valence-electron chi connectivity index (χ1n) is 16.0. The zero-order valence-electron chi connectivity index (χ0n) is 28.7. The minimum Gasteiger partial charge on any atom is -0.444 e. The summed E-state index contributed by atoms with van der Waals surface area (Å²) in [7, 11) is 0. The van der Waals surface area contributed by atoms with Crippen molar-refractivity contribution in [2.45, 2.75) is 106 Å². The molecule has 45 heavy (non-hydrogen) atoms. The first-order chi connectivity index (χ1) is 21.2. The Morgan fingerprint density at radius 2 is 1.73 bits per heavy atom. The van der Waals surface area contributed by atoms with Crippen molar-refractivity contribution < 1.29 is 22.7 Å². The summed E-state index contributed by atoms with van der Waals surface area (Å²) in [5.41, 5.74) is 4.34. The fourth-order valence-electron chi connectivity index (χ4n) is 4.96. The van der Waals surface area contributed by atoms with E-state index in [1.807, 2.05) is 25.7 Å². The molecule has 0 aliphatic carbocycles. The lowest BCUT2D eigenvalue weighted by Gasteiger charge is -2.42. The van der Waals surface area contributed by atoms with E-state index in [1.54, 1.807) is 6.20 Å². The Labute approximate surface area is 269 Å². The predicted molar refractivity (Wildman–Crippen MR) is 183 cm³/mol. The third-order valence-corrected chi connectivity index (χ3v) is 7.33. The van der Waals surface area contributed by atoms with Crippen LogP contribution in [-0.2, 0) is 4.74 Å². The number of halogens is 3. The number of unbranched alkanes of at least 4 members (excludes halogenated alkanes) is 4. The van der Waals surface area contributed by atoms with Gasteiger partial charge in [0.2, 0.25) is 0 Å². The molecule has 1 atom stereocenters. The Hall–Kier alpha value is -3.55. The number of rotatable bonds is 12. The Morgan fingerprint density at radius 1 is 1.09 bits per heavy atom. The van der Waals surface area contributed by atoms with E-state index in [1.165, 1.54) is 48.6 Å². The van der Waals surface area contributed by atoms with Gasteiger partial charge >= 0.3 is 6.09 Å². The number of carbonyl (C=O) groups is 1. The van der Waals surface area contributed by atoms with Gasteiger partial charge in [-0.25, -0.2) is 18.0 Å². The molecule has 1 amide bonds. The standard InChI is InChI=1S/C29H49N3O2.C8H5F3/c1-10-14-15-16-17-18-19-25(11-2)27(26(12-3)30-13-4)24(6)31-20-21-32(23(5)22-31)28(33)34-29(7,8)9;1-2-5-3-6(9)8(11)7(10)4-5/h11,13,18-19,23H,4,10,12,14-17,20-22H2,1-3,5-9H3;2-4H,1H2/b19-18+,25-11-,27-24+,30-26?;/t23-;/m1./s1. The van der Waals surface area contributed by atoms with Gasteiger partial charge in [-0.2, -0.15) is 0 Å². The van der Waals surface area contributed by atoms with E-state index < -0.39 is 23.1 Å². The average molecular weight is 630 g/mol. The van der Waals surface area contributed by atoms with Crippen molar-refractivity contribution >= 4 is 17.9 Å². The summed E-state index contributed by atoms with van der Waals surface area (Å²) in [6, 6.07) is 1.82. The van der Waals surface area contributed by atoms with Crippen LogP contribution in [0.1, 0.15) is 99.5 Å². The van der Waals surface area contributed by atoms with Gasteiger partial charge < -0.3 is 14.5 Å². The number of ether oxygens (including phenoxy) is 1. The summed E-state index contributed by atoms with van der Waals surface area (Å²) >= 11 is 0. The fraction of sp³-hybridized carbons (Fsp3) is 0.514. The van der Waals surface area contributed by atoms with E-state index in [-0.39, 0.29) is 17.7 Å². The van der Waals surface area contributed by atoms with Gasteiger partial charge in [-0.15, -0.1) is 0 Å². The van der Waals surface area contributed by atoms with E-state index in [0.717, 1.165) is 43.8 Å². The molecule has 0 aromatic heterocycles. The van der Waals surface area contributed by atoms with Gasteiger partial charge in [0.05, 0.1) is 0 Å².